The summed E-state index contributed by atoms with van der Waals surface area (Å²) in [6, 6.07) is 15.1. The van der Waals surface area contributed by atoms with Gasteiger partial charge in [0.2, 0.25) is 0 Å². The second kappa shape index (κ2) is 6.25. The molecule has 106 valence electrons. The summed E-state index contributed by atoms with van der Waals surface area (Å²) in [5, 5.41) is 17.1. The van der Waals surface area contributed by atoms with E-state index in [1.165, 1.54) is 0 Å². The molecule has 3 rings (SSSR count). The minimum absolute atomic E-state index is 0.484. The van der Waals surface area contributed by atoms with E-state index in [1.54, 1.807) is 24.5 Å². The first kappa shape index (κ1) is 14.1. The van der Waals surface area contributed by atoms with E-state index in [0.29, 0.717) is 16.3 Å². The molecule has 2 aromatic heterocycles. The molecule has 4 nitrogen and oxygen atoms in total. The Morgan fingerprint density at radius 2 is 2.00 bits per heavy atom. The number of pyridine rings is 1. The van der Waals surface area contributed by atoms with Crippen LogP contribution >= 0.6 is 11.6 Å². The fourth-order valence-corrected chi connectivity index (χ4v) is 2.22. The highest BCUT2D eigenvalue weighted by molar-refractivity contribution is 6.30. The molecule has 22 heavy (non-hydrogen) atoms. The van der Waals surface area contributed by atoms with E-state index in [9.17, 15) is 5.26 Å². The smallest absolute Gasteiger partial charge is 0.101 e. The maximum absolute atomic E-state index is 9.37. The summed E-state index contributed by atoms with van der Waals surface area (Å²) in [5.41, 5.74) is 3.72. The van der Waals surface area contributed by atoms with Crippen molar-refractivity contribution in [1.82, 2.24) is 15.2 Å². The number of nitrogens with one attached hydrogen (secondary N) is 1. The number of rotatable bonds is 3. The third-order valence-electron chi connectivity index (χ3n) is 3.16. The Morgan fingerprint density at radius 1 is 1.18 bits per heavy atom. The van der Waals surface area contributed by atoms with Crippen molar-refractivity contribution in [2.24, 2.45) is 0 Å². The fourth-order valence-electron chi connectivity index (χ4n) is 2.09. The number of hydrogen-bond acceptors (Lipinski definition) is 3. The molecule has 0 saturated carbocycles. The van der Waals surface area contributed by atoms with Crippen LogP contribution in [-0.4, -0.2) is 15.2 Å². The molecular formula is C17H11ClN4. The predicted molar refractivity (Wildman–Crippen MR) is 86.8 cm³/mol. The minimum atomic E-state index is 0.484. The van der Waals surface area contributed by atoms with Gasteiger partial charge < -0.3 is 0 Å². The third kappa shape index (κ3) is 2.90. The largest absolute Gasteiger partial charge is 0.277 e. The van der Waals surface area contributed by atoms with Crippen LogP contribution in [0.1, 0.15) is 11.3 Å². The highest BCUT2D eigenvalue weighted by Crippen LogP contribution is 2.26. The van der Waals surface area contributed by atoms with Gasteiger partial charge in [0.15, 0.2) is 0 Å². The van der Waals surface area contributed by atoms with Crippen LogP contribution in [0.15, 0.2) is 54.9 Å². The van der Waals surface area contributed by atoms with Crippen LogP contribution in [0, 0.1) is 11.3 Å². The zero-order chi connectivity index (χ0) is 15.4. The number of nitrogens with zero attached hydrogens (tertiary/aromatic N) is 3. The fraction of sp³-hybridized carbons (Fsp3) is 0. The van der Waals surface area contributed by atoms with Gasteiger partial charge in [0.25, 0.3) is 0 Å². The van der Waals surface area contributed by atoms with Gasteiger partial charge in [-0.25, -0.2) is 0 Å². The second-order valence-corrected chi connectivity index (χ2v) is 5.03. The topological polar surface area (TPSA) is 65.4 Å². The van der Waals surface area contributed by atoms with Crippen LogP contribution < -0.4 is 0 Å². The highest BCUT2D eigenvalue weighted by Gasteiger charge is 2.08. The van der Waals surface area contributed by atoms with Gasteiger partial charge >= 0.3 is 0 Å². The molecule has 0 aliphatic heterocycles. The van der Waals surface area contributed by atoms with Gasteiger partial charge in [-0.1, -0.05) is 29.8 Å². The van der Waals surface area contributed by atoms with Crippen LogP contribution in [0.25, 0.3) is 22.9 Å². The monoisotopic (exact) mass is 306 g/mol. The van der Waals surface area contributed by atoms with Crippen molar-refractivity contribution in [1.29, 1.82) is 5.26 Å². The quantitative estimate of drug-likeness (QED) is 0.738. The Labute approximate surface area is 132 Å². The lowest BCUT2D eigenvalue weighted by Gasteiger charge is -2.01. The molecule has 0 aliphatic carbocycles. The van der Waals surface area contributed by atoms with Crippen molar-refractivity contribution in [3.8, 4) is 17.3 Å². The average Bonchev–Trinajstić information content (AvgIpc) is 3.02. The molecule has 0 saturated heterocycles. The Morgan fingerprint density at radius 3 is 2.68 bits per heavy atom. The third-order valence-corrected chi connectivity index (χ3v) is 3.41. The van der Waals surface area contributed by atoms with Crippen LogP contribution in [0.2, 0.25) is 5.02 Å². The van der Waals surface area contributed by atoms with Gasteiger partial charge in [-0.3, -0.25) is 10.1 Å². The Bertz CT molecular complexity index is 842. The number of nitriles is 1. The zero-order valence-electron chi connectivity index (χ0n) is 11.5. The molecule has 0 aliphatic rings. The van der Waals surface area contributed by atoms with Crippen LogP contribution in [-0.2, 0) is 0 Å². The molecule has 3 aromatic rings. The summed E-state index contributed by atoms with van der Waals surface area (Å²) in [6.07, 6.45) is 5.12. The summed E-state index contributed by atoms with van der Waals surface area (Å²) in [6.45, 7) is 0. The molecular weight excluding hydrogens is 296 g/mol. The van der Waals surface area contributed by atoms with Gasteiger partial charge in [-0.2, -0.15) is 10.4 Å². The molecule has 0 fully saturated rings. The summed E-state index contributed by atoms with van der Waals surface area (Å²) in [4.78, 5) is 4.21. The molecule has 1 N–H and O–H groups in total. The van der Waals surface area contributed by atoms with E-state index in [4.69, 9.17) is 11.6 Å². The summed E-state index contributed by atoms with van der Waals surface area (Å²) < 4.78 is 0. The second-order valence-electron chi connectivity index (χ2n) is 4.59. The first-order chi connectivity index (χ1) is 10.8. The standard InChI is InChI=1S/C17H11ClN4/c18-15-6-4-12(5-7-15)17-14(11-21-22-17)9-13(10-19)16-3-1-2-8-20-16/h1-9,11H,(H,21,22)/b13-9+. The van der Waals surface area contributed by atoms with Crippen LogP contribution in [0.5, 0.6) is 0 Å². The molecule has 0 unspecified atom stereocenters. The van der Waals surface area contributed by atoms with Gasteiger partial charge in [0.05, 0.1) is 23.2 Å². The van der Waals surface area contributed by atoms with Gasteiger partial charge in [-0.05, 0) is 30.3 Å². The van der Waals surface area contributed by atoms with Crippen molar-refractivity contribution in [2.45, 2.75) is 0 Å². The lowest BCUT2D eigenvalue weighted by atomic mass is 10.0. The molecule has 0 bridgehead atoms. The maximum atomic E-state index is 9.37. The summed E-state index contributed by atoms with van der Waals surface area (Å²) >= 11 is 5.91. The number of H-pyrrole nitrogens is 1. The lowest BCUT2D eigenvalue weighted by molar-refractivity contribution is 1.10. The number of hydrogen-bond donors (Lipinski definition) is 1. The molecule has 0 atom stereocenters. The zero-order valence-corrected chi connectivity index (χ0v) is 12.2. The van der Waals surface area contributed by atoms with Gasteiger partial charge in [-0.15, -0.1) is 0 Å². The van der Waals surface area contributed by atoms with E-state index in [-0.39, 0.29) is 0 Å². The normalized spacial score (nSPS) is 11.2. The Balaban J connectivity index is 2.03. The lowest BCUT2D eigenvalue weighted by Crippen LogP contribution is -1.87. The van der Waals surface area contributed by atoms with Crippen molar-refractivity contribution in [3.05, 3.63) is 71.1 Å². The van der Waals surface area contributed by atoms with E-state index in [0.717, 1.165) is 16.8 Å². The number of aromatic nitrogens is 3. The maximum Gasteiger partial charge on any atom is 0.101 e. The van der Waals surface area contributed by atoms with Crippen LogP contribution in [0.4, 0.5) is 0 Å². The van der Waals surface area contributed by atoms with E-state index in [1.807, 2.05) is 36.4 Å². The van der Waals surface area contributed by atoms with E-state index < -0.39 is 0 Å². The molecule has 1 aromatic carbocycles. The number of aromatic amines is 1. The van der Waals surface area contributed by atoms with Crippen LogP contribution in [0.3, 0.4) is 0 Å². The number of allylic oxidation sites excluding steroid dienone is 1. The number of benzene rings is 1. The van der Waals surface area contributed by atoms with Crippen molar-refractivity contribution in [2.75, 3.05) is 0 Å². The molecule has 0 radical (unpaired) electrons. The average molecular weight is 307 g/mol. The highest BCUT2D eigenvalue weighted by atomic mass is 35.5. The minimum Gasteiger partial charge on any atom is -0.277 e. The van der Waals surface area contributed by atoms with Gasteiger partial charge in [0.1, 0.15) is 6.07 Å². The molecule has 5 heteroatoms. The SMILES string of the molecule is N#C/C(=C\c1cn[nH]c1-c1ccc(Cl)cc1)c1ccccn1. The van der Waals surface area contributed by atoms with E-state index in [2.05, 4.69) is 21.3 Å². The predicted octanol–water partition coefficient (Wildman–Crippen LogP) is 4.19. The summed E-state index contributed by atoms with van der Waals surface area (Å²) in [7, 11) is 0. The Kier molecular flexibility index (Phi) is 3.99. The number of halogens is 1. The first-order valence-corrected chi connectivity index (χ1v) is 6.98. The Hall–Kier alpha value is -2.90. The van der Waals surface area contributed by atoms with Gasteiger partial charge in [0, 0.05) is 22.3 Å². The first-order valence-electron chi connectivity index (χ1n) is 6.60. The summed E-state index contributed by atoms with van der Waals surface area (Å²) in [5.74, 6) is 0. The molecule has 0 amide bonds. The molecule has 0 spiro atoms. The van der Waals surface area contributed by atoms with E-state index >= 15 is 0 Å². The van der Waals surface area contributed by atoms with Crippen molar-refractivity contribution >= 4 is 23.3 Å². The van der Waals surface area contributed by atoms with Crippen molar-refractivity contribution < 1.29 is 0 Å². The molecule has 2 heterocycles. The van der Waals surface area contributed by atoms with Crippen molar-refractivity contribution in [3.63, 3.8) is 0 Å².